The summed E-state index contributed by atoms with van der Waals surface area (Å²) < 4.78 is 12.8. The number of carbonyl (C=O) groups excluding carboxylic acids is 1. The minimum Gasteiger partial charge on any atom is -0.497 e. The van der Waals surface area contributed by atoms with E-state index in [1.807, 2.05) is 47.0 Å². The molecule has 0 saturated heterocycles. The Morgan fingerprint density at radius 3 is 2.61 bits per heavy atom. The number of benzene rings is 3. The third-order valence-electron chi connectivity index (χ3n) is 4.68. The van der Waals surface area contributed by atoms with Gasteiger partial charge in [0, 0.05) is 22.9 Å². The summed E-state index contributed by atoms with van der Waals surface area (Å²) in [5.74, 6) is 1.01. The molecule has 0 radical (unpaired) electrons. The number of imidazole rings is 1. The van der Waals surface area contributed by atoms with E-state index in [2.05, 4.69) is 11.1 Å². The number of ether oxygens (including phenoxy) is 2. The van der Waals surface area contributed by atoms with E-state index in [-0.39, 0.29) is 0 Å². The standard InChI is InChI=1S/C22H19N3O3/c1-27-17-7-8-18(21(12-17)28-2)14-4-3-5-16(10-14)25-13-24-19-11-15(22(23)26)6-9-20(19)25/h3-13H,1-2H3,(H2,23,26). The van der Waals surface area contributed by atoms with Gasteiger partial charge in [0.05, 0.1) is 25.3 Å². The van der Waals surface area contributed by atoms with Crippen LogP contribution in [0.5, 0.6) is 11.5 Å². The molecule has 1 amide bonds. The molecule has 28 heavy (non-hydrogen) atoms. The molecule has 0 atom stereocenters. The summed E-state index contributed by atoms with van der Waals surface area (Å²) in [7, 11) is 3.27. The quantitative estimate of drug-likeness (QED) is 0.577. The molecule has 0 saturated carbocycles. The molecule has 1 heterocycles. The molecule has 2 N–H and O–H groups in total. The number of hydrogen-bond donors (Lipinski definition) is 1. The molecule has 6 heteroatoms. The summed E-state index contributed by atoms with van der Waals surface area (Å²) in [6.45, 7) is 0. The summed E-state index contributed by atoms with van der Waals surface area (Å²) in [6, 6.07) is 19.1. The lowest BCUT2D eigenvalue weighted by Crippen LogP contribution is -2.10. The minimum absolute atomic E-state index is 0.439. The first-order valence-electron chi connectivity index (χ1n) is 8.70. The Bertz CT molecular complexity index is 1180. The average molecular weight is 373 g/mol. The van der Waals surface area contributed by atoms with Gasteiger partial charge in [-0.1, -0.05) is 12.1 Å². The second-order valence-corrected chi connectivity index (χ2v) is 6.30. The number of nitrogens with two attached hydrogens (primary N) is 1. The molecular formula is C22H19N3O3. The Balaban J connectivity index is 1.80. The molecule has 0 aliphatic carbocycles. The fourth-order valence-electron chi connectivity index (χ4n) is 3.23. The fourth-order valence-corrected chi connectivity index (χ4v) is 3.23. The molecule has 0 aliphatic heterocycles. The topological polar surface area (TPSA) is 79.4 Å². The lowest BCUT2D eigenvalue weighted by molar-refractivity contribution is 0.100. The van der Waals surface area contributed by atoms with Crippen molar-refractivity contribution in [2.45, 2.75) is 0 Å². The van der Waals surface area contributed by atoms with Gasteiger partial charge in [0.15, 0.2) is 0 Å². The van der Waals surface area contributed by atoms with Gasteiger partial charge in [-0.25, -0.2) is 4.98 Å². The lowest BCUT2D eigenvalue weighted by atomic mass is 10.0. The van der Waals surface area contributed by atoms with Gasteiger partial charge in [0.1, 0.15) is 17.8 Å². The molecule has 0 bridgehead atoms. The van der Waals surface area contributed by atoms with E-state index in [0.717, 1.165) is 33.8 Å². The van der Waals surface area contributed by atoms with Crippen molar-refractivity contribution < 1.29 is 14.3 Å². The zero-order chi connectivity index (χ0) is 19.7. The first-order valence-corrected chi connectivity index (χ1v) is 8.70. The van der Waals surface area contributed by atoms with Crippen molar-refractivity contribution in [3.8, 4) is 28.3 Å². The monoisotopic (exact) mass is 373 g/mol. The van der Waals surface area contributed by atoms with Crippen LogP contribution in [-0.4, -0.2) is 29.7 Å². The van der Waals surface area contributed by atoms with Crippen molar-refractivity contribution in [2.24, 2.45) is 5.73 Å². The van der Waals surface area contributed by atoms with Gasteiger partial charge < -0.3 is 15.2 Å². The number of amides is 1. The van der Waals surface area contributed by atoms with Crippen molar-refractivity contribution in [1.82, 2.24) is 9.55 Å². The summed E-state index contributed by atoms with van der Waals surface area (Å²) in [6.07, 6.45) is 1.74. The zero-order valence-corrected chi connectivity index (χ0v) is 15.5. The highest BCUT2D eigenvalue weighted by molar-refractivity contribution is 5.96. The molecule has 0 spiro atoms. The van der Waals surface area contributed by atoms with Crippen LogP contribution in [0.15, 0.2) is 67.0 Å². The van der Waals surface area contributed by atoms with E-state index in [0.29, 0.717) is 11.1 Å². The van der Waals surface area contributed by atoms with Crippen molar-refractivity contribution in [3.05, 3.63) is 72.6 Å². The Kier molecular flexibility index (Phi) is 4.45. The predicted octanol–water partition coefficient (Wildman–Crippen LogP) is 3.81. The van der Waals surface area contributed by atoms with Crippen LogP contribution in [0.3, 0.4) is 0 Å². The molecule has 0 aliphatic rings. The molecule has 3 aromatic carbocycles. The molecular weight excluding hydrogens is 354 g/mol. The summed E-state index contributed by atoms with van der Waals surface area (Å²) in [5, 5.41) is 0. The van der Waals surface area contributed by atoms with Gasteiger partial charge in [-0.2, -0.15) is 0 Å². The first kappa shape index (κ1) is 17.6. The van der Waals surface area contributed by atoms with Crippen LogP contribution in [-0.2, 0) is 0 Å². The molecule has 140 valence electrons. The average Bonchev–Trinajstić information content (AvgIpc) is 3.16. The van der Waals surface area contributed by atoms with E-state index < -0.39 is 5.91 Å². The number of methoxy groups -OCH3 is 2. The van der Waals surface area contributed by atoms with E-state index in [4.69, 9.17) is 15.2 Å². The van der Waals surface area contributed by atoms with E-state index in [9.17, 15) is 4.79 Å². The Morgan fingerprint density at radius 1 is 1.00 bits per heavy atom. The number of aromatic nitrogens is 2. The Labute approximate surface area is 162 Å². The minimum atomic E-state index is -0.468. The van der Waals surface area contributed by atoms with E-state index in [1.54, 1.807) is 32.7 Å². The van der Waals surface area contributed by atoms with Gasteiger partial charge in [-0.05, 0) is 48.0 Å². The van der Waals surface area contributed by atoms with Crippen molar-refractivity contribution in [3.63, 3.8) is 0 Å². The van der Waals surface area contributed by atoms with Crippen molar-refractivity contribution in [1.29, 1.82) is 0 Å². The van der Waals surface area contributed by atoms with Crippen LogP contribution in [0.25, 0.3) is 27.8 Å². The predicted molar refractivity (Wildman–Crippen MR) is 108 cm³/mol. The number of fused-ring (bicyclic) bond motifs is 1. The van der Waals surface area contributed by atoms with E-state index in [1.165, 1.54) is 0 Å². The molecule has 4 aromatic rings. The van der Waals surface area contributed by atoms with Crippen LogP contribution in [0.1, 0.15) is 10.4 Å². The Hall–Kier alpha value is -3.80. The third kappa shape index (κ3) is 3.05. The van der Waals surface area contributed by atoms with Crippen LogP contribution < -0.4 is 15.2 Å². The van der Waals surface area contributed by atoms with Crippen LogP contribution in [0, 0.1) is 0 Å². The van der Waals surface area contributed by atoms with Gasteiger partial charge in [-0.3, -0.25) is 9.36 Å². The first-order chi connectivity index (χ1) is 13.6. The van der Waals surface area contributed by atoms with Gasteiger partial charge >= 0.3 is 0 Å². The maximum atomic E-state index is 11.4. The summed E-state index contributed by atoms with van der Waals surface area (Å²) >= 11 is 0. The SMILES string of the molecule is COc1ccc(-c2cccc(-n3cnc4cc(C(N)=O)ccc43)c2)c(OC)c1. The number of rotatable bonds is 5. The van der Waals surface area contributed by atoms with E-state index >= 15 is 0 Å². The molecule has 1 aromatic heterocycles. The lowest BCUT2D eigenvalue weighted by Gasteiger charge is -2.12. The molecule has 0 fully saturated rings. The summed E-state index contributed by atoms with van der Waals surface area (Å²) in [5.41, 5.74) is 10.3. The van der Waals surface area contributed by atoms with Gasteiger partial charge in [-0.15, -0.1) is 0 Å². The van der Waals surface area contributed by atoms with Gasteiger partial charge in [0.25, 0.3) is 0 Å². The largest absolute Gasteiger partial charge is 0.497 e. The van der Waals surface area contributed by atoms with Crippen LogP contribution in [0.4, 0.5) is 0 Å². The highest BCUT2D eigenvalue weighted by Gasteiger charge is 2.11. The number of primary amides is 1. The normalized spacial score (nSPS) is 10.8. The fraction of sp³-hybridized carbons (Fsp3) is 0.0909. The smallest absolute Gasteiger partial charge is 0.248 e. The second kappa shape index (κ2) is 7.08. The zero-order valence-electron chi connectivity index (χ0n) is 15.5. The van der Waals surface area contributed by atoms with Crippen molar-refractivity contribution in [2.75, 3.05) is 14.2 Å². The molecule has 4 rings (SSSR count). The maximum absolute atomic E-state index is 11.4. The van der Waals surface area contributed by atoms with Gasteiger partial charge in [0.2, 0.25) is 5.91 Å². The van der Waals surface area contributed by atoms with Crippen LogP contribution >= 0.6 is 0 Å². The Morgan fingerprint density at radius 2 is 1.86 bits per heavy atom. The third-order valence-corrected chi connectivity index (χ3v) is 4.68. The number of hydrogen-bond acceptors (Lipinski definition) is 4. The highest BCUT2D eigenvalue weighted by Crippen LogP contribution is 2.34. The number of carbonyl (C=O) groups is 1. The van der Waals surface area contributed by atoms with Crippen molar-refractivity contribution >= 4 is 16.9 Å². The highest BCUT2D eigenvalue weighted by atomic mass is 16.5. The number of nitrogens with zero attached hydrogens (tertiary/aromatic N) is 2. The van der Waals surface area contributed by atoms with Crippen LogP contribution in [0.2, 0.25) is 0 Å². The summed E-state index contributed by atoms with van der Waals surface area (Å²) in [4.78, 5) is 15.8. The second-order valence-electron chi connectivity index (χ2n) is 6.30. The maximum Gasteiger partial charge on any atom is 0.248 e. The molecule has 6 nitrogen and oxygen atoms in total. The molecule has 0 unspecified atom stereocenters.